The molecule has 56 valence electrons. The molecule has 0 aromatic heterocycles. The molecule has 0 amide bonds. The van der Waals surface area contributed by atoms with E-state index in [1.54, 1.807) is 0 Å². The van der Waals surface area contributed by atoms with Crippen LogP contribution in [0.2, 0.25) is 0 Å². The summed E-state index contributed by atoms with van der Waals surface area (Å²) in [7, 11) is -0.762. The minimum absolute atomic E-state index is 0.0978. The van der Waals surface area contributed by atoms with E-state index >= 15 is 0 Å². The second-order valence-electron chi connectivity index (χ2n) is 2.95. The highest BCUT2D eigenvalue weighted by Crippen LogP contribution is 2.09. The maximum atomic E-state index is 11.1. The van der Waals surface area contributed by atoms with Gasteiger partial charge in [0.05, 0.1) is 0 Å². The van der Waals surface area contributed by atoms with Crippen LogP contribution in [0.25, 0.3) is 0 Å². The lowest BCUT2D eigenvalue weighted by Gasteiger charge is -2.16. The summed E-state index contributed by atoms with van der Waals surface area (Å²) in [5.74, 6) is 0.615. The van der Waals surface area contributed by atoms with Gasteiger partial charge in [-0.1, -0.05) is 0 Å². The first kappa shape index (κ1) is 9.11. The van der Waals surface area contributed by atoms with Crippen molar-refractivity contribution < 1.29 is 4.21 Å². The Kier molecular flexibility index (Phi) is 3.36. The number of rotatable bonds is 2. The van der Waals surface area contributed by atoms with Gasteiger partial charge in [-0.25, -0.2) is 0 Å². The minimum Gasteiger partial charge on any atom is -0.330 e. The molecule has 0 aromatic carbocycles. The van der Waals surface area contributed by atoms with Crippen molar-refractivity contribution in [3.8, 4) is 0 Å². The maximum Gasteiger partial charge on any atom is 0.0375 e. The van der Waals surface area contributed by atoms with Crippen LogP contribution in [0.5, 0.6) is 0 Å². The van der Waals surface area contributed by atoms with Crippen LogP contribution in [-0.4, -0.2) is 21.3 Å². The first-order chi connectivity index (χ1) is 3.98. The summed E-state index contributed by atoms with van der Waals surface area (Å²) in [5, 5.41) is 0. The zero-order valence-corrected chi connectivity index (χ0v) is 7.12. The van der Waals surface area contributed by atoms with Gasteiger partial charge in [0, 0.05) is 27.8 Å². The molecule has 0 radical (unpaired) electrons. The van der Waals surface area contributed by atoms with E-state index in [1.165, 1.54) is 0 Å². The zero-order valence-electron chi connectivity index (χ0n) is 6.31. The van der Waals surface area contributed by atoms with Gasteiger partial charge in [0.15, 0.2) is 0 Å². The minimum atomic E-state index is -0.762. The fourth-order valence-electron chi connectivity index (χ4n) is 0.413. The lowest BCUT2D eigenvalue weighted by Crippen LogP contribution is -2.27. The molecule has 2 nitrogen and oxygen atoms in total. The maximum absolute atomic E-state index is 11.1. The predicted octanol–water partition coefficient (Wildman–Crippen LogP) is 0.492. The van der Waals surface area contributed by atoms with Crippen molar-refractivity contribution in [2.45, 2.75) is 25.5 Å². The van der Waals surface area contributed by atoms with Crippen molar-refractivity contribution >= 4 is 10.8 Å². The number of hydrogen-bond acceptors (Lipinski definition) is 2. The third-order valence-corrected chi connectivity index (χ3v) is 2.96. The Balaban J connectivity index is 3.74. The largest absolute Gasteiger partial charge is 0.330 e. The van der Waals surface area contributed by atoms with Crippen molar-refractivity contribution in [1.29, 1.82) is 0 Å². The summed E-state index contributed by atoms with van der Waals surface area (Å²) in [6.45, 7) is 6.39. The molecule has 0 bridgehead atoms. The molecule has 0 unspecified atom stereocenters. The quantitative estimate of drug-likeness (QED) is 0.621. The number of hydrogen-bond donors (Lipinski definition) is 1. The Hall–Kier alpha value is 0.110. The monoisotopic (exact) mass is 149 g/mol. The van der Waals surface area contributed by atoms with Crippen molar-refractivity contribution in [3.05, 3.63) is 0 Å². The third kappa shape index (κ3) is 3.65. The normalized spacial score (nSPS) is 15.6. The molecule has 0 saturated carbocycles. The van der Waals surface area contributed by atoms with Crippen LogP contribution in [0.1, 0.15) is 20.8 Å². The van der Waals surface area contributed by atoms with Crippen LogP contribution in [-0.2, 0) is 10.8 Å². The van der Waals surface area contributed by atoms with Crippen LogP contribution >= 0.6 is 0 Å². The smallest absolute Gasteiger partial charge is 0.0375 e. The zero-order chi connectivity index (χ0) is 7.49. The lowest BCUT2D eigenvalue weighted by atomic mass is 10.3. The standard InChI is InChI=1S/C6H15NOS/c1-6(2,3)9(8)5-4-7/h4-5,7H2,1-3H3/t9-/m1/s1. The summed E-state index contributed by atoms with van der Waals surface area (Å²) in [6, 6.07) is 0. The lowest BCUT2D eigenvalue weighted by molar-refractivity contribution is 0.648. The fourth-order valence-corrected chi connectivity index (χ4v) is 1.24. The van der Waals surface area contributed by atoms with Crippen molar-refractivity contribution in [2.24, 2.45) is 5.73 Å². The van der Waals surface area contributed by atoms with Gasteiger partial charge in [-0.15, -0.1) is 0 Å². The topological polar surface area (TPSA) is 43.1 Å². The molecule has 0 aliphatic heterocycles. The molecule has 2 N–H and O–H groups in total. The van der Waals surface area contributed by atoms with Crippen molar-refractivity contribution in [3.63, 3.8) is 0 Å². The predicted molar refractivity (Wildman–Crippen MR) is 41.8 cm³/mol. The van der Waals surface area contributed by atoms with Gasteiger partial charge in [-0.3, -0.25) is 4.21 Å². The second kappa shape index (κ2) is 3.32. The molecule has 0 fully saturated rings. The van der Waals surface area contributed by atoms with Crippen molar-refractivity contribution in [2.75, 3.05) is 12.3 Å². The molecule has 0 aliphatic rings. The average Bonchev–Trinajstić information content (AvgIpc) is 1.64. The van der Waals surface area contributed by atoms with E-state index in [0.717, 1.165) is 0 Å². The SMILES string of the molecule is CC(C)(C)[S@](=O)CCN. The van der Waals surface area contributed by atoms with Gasteiger partial charge in [0.25, 0.3) is 0 Å². The summed E-state index contributed by atoms with van der Waals surface area (Å²) in [4.78, 5) is 0. The van der Waals surface area contributed by atoms with Crippen LogP contribution < -0.4 is 5.73 Å². The van der Waals surface area contributed by atoms with E-state index in [9.17, 15) is 4.21 Å². The average molecular weight is 149 g/mol. The molecule has 0 aliphatic carbocycles. The van der Waals surface area contributed by atoms with Gasteiger partial charge < -0.3 is 5.73 Å². The third-order valence-electron chi connectivity index (χ3n) is 0.986. The number of nitrogens with two attached hydrogens (primary N) is 1. The van der Waals surface area contributed by atoms with Crippen molar-refractivity contribution in [1.82, 2.24) is 0 Å². The van der Waals surface area contributed by atoms with E-state index in [2.05, 4.69) is 0 Å². The van der Waals surface area contributed by atoms with Crippen LogP contribution in [0.4, 0.5) is 0 Å². The first-order valence-electron chi connectivity index (χ1n) is 3.07. The highest BCUT2D eigenvalue weighted by Gasteiger charge is 2.17. The molecule has 0 spiro atoms. The molecular weight excluding hydrogens is 134 g/mol. The Bertz CT molecular complexity index is 106. The molecule has 0 rings (SSSR count). The van der Waals surface area contributed by atoms with E-state index in [0.29, 0.717) is 12.3 Å². The van der Waals surface area contributed by atoms with E-state index < -0.39 is 10.8 Å². The summed E-state index contributed by atoms with van der Waals surface area (Å²) >= 11 is 0. The Morgan fingerprint density at radius 2 is 1.89 bits per heavy atom. The van der Waals surface area contributed by atoms with Gasteiger partial charge in [-0.05, 0) is 20.8 Å². The second-order valence-corrected chi connectivity index (χ2v) is 5.27. The fraction of sp³-hybridized carbons (Fsp3) is 1.00. The highest BCUT2D eigenvalue weighted by molar-refractivity contribution is 7.86. The molecular formula is C6H15NOS. The van der Waals surface area contributed by atoms with Gasteiger partial charge in [-0.2, -0.15) is 0 Å². The Morgan fingerprint density at radius 1 is 1.44 bits per heavy atom. The molecule has 1 atom stereocenters. The molecule has 0 heterocycles. The van der Waals surface area contributed by atoms with E-state index in [4.69, 9.17) is 5.73 Å². The summed E-state index contributed by atoms with van der Waals surface area (Å²) in [6.07, 6.45) is 0. The molecule has 0 saturated heterocycles. The van der Waals surface area contributed by atoms with Gasteiger partial charge >= 0.3 is 0 Å². The van der Waals surface area contributed by atoms with Crippen LogP contribution in [0.15, 0.2) is 0 Å². The highest BCUT2D eigenvalue weighted by atomic mass is 32.2. The molecule has 9 heavy (non-hydrogen) atoms. The molecule has 3 heteroatoms. The van der Waals surface area contributed by atoms with Crippen LogP contribution in [0.3, 0.4) is 0 Å². The van der Waals surface area contributed by atoms with Gasteiger partial charge in [0.1, 0.15) is 0 Å². The van der Waals surface area contributed by atoms with E-state index in [-0.39, 0.29) is 4.75 Å². The first-order valence-corrected chi connectivity index (χ1v) is 4.39. The van der Waals surface area contributed by atoms with Crippen LogP contribution in [0, 0.1) is 0 Å². The Labute approximate surface area is 59.3 Å². The Morgan fingerprint density at radius 3 is 2.00 bits per heavy atom. The molecule has 0 aromatic rings. The van der Waals surface area contributed by atoms with Gasteiger partial charge in [0.2, 0.25) is 0 Å². The summed E-state index contributed by atoms with van der Waals surface area (Å²) < 4.78 is 11.0. The summed E-state index contributed by atoms with van der Waals surface area (Å²) in [5.41, 5.74) is 5.23. The van der Waals surface area contributed by atoms with E-state index in [1.807, 2.05) is 20.8 Å².